The lowest BCUT2D eigenvalue weighted by Crippen LogP contribution is -2.51. The zero-order valence-corrected chi connectivity index (χ0v) is 22.0. The number of benzene rings is 1. The molecule has 1 spiro atoms. The Labute approximate surface area is 220 Å². The van der Waals surface area contributed by atoms with E-state index >= 15 is 0 Å². The number of para-hydroxylation sites is 1. The van der Waals surface area contributed by atoms with Crippen LogP contribution in [0.4, 0.5) is 0 Å². The van der Waals surface area contributed by atoms with Crippen molar-refractivity contribution >= 4 is 5.97 Å². The number of esters is 1. The molecule has 2 saturated carbocycles. The first-order valence-electron chi connectivity index (χ1n) is 13.0. The third-order valence-corrected chi connectivity index (χ3v) is 7.41. The van der Waals surface area contributed by atoms with Crippen LogP contribution in [0.5, 0.6) is 5.75 Å². The molecule has 11 heteroatoms. The van der Waals surface area contributed by atoms with Crippen LogP contribution in [0.15, 0.2) is 52.2 Å². The van der Waals surface area contributed by atoms with E-state index in [2.05, 4.69) is 10.3 Å². The highest BCUT2D eigenvalue weighted by atomic mass is 16.6. The molecule has 3 unspecified atom stereocenters. The summed E-state index contributed by atoms with van der Waals surface area (Å²) in [4.78, 5) is 38.8. The third kappa shape index (κ3) is 5.15. The van der Waals surface area contributed by atoms with Crippen LogP contribution in [0.3, 0.4) is 0 Å². The highest BCUT2D eigenvalue weighted by Crippen LogP contribution is 2.62. The summed E-state index contributed by atoms with van der Waals surface area (Å²) in [5.74, 6) is 0.292. The predicted octanol–water partition coefficient (Wildman–Crippen LogP) is 1.11. The van der Waals surface area contributed by atoms with Crippen molar-refractivity contribution in [3.05, 3.63) is 63.4 Å². The van der Waals surface area contributed by atoms with Gasteiger partial charge in [-0.2, -0.15) is 0 Å². The fourth-order valence-electron chi connectivity index (χ4n) is 5.12. The lowest BCUT2D eigenvalue weighted by Gasteiger charge is -2.25. The maximum atomic E-state index is 12.6. The van der Waals surface area contributed by atoms with E-state index in [4.69, 9.17) is 18.9 Å². The molecule has 206 valence electrons. The molecule has 38 heavy (non-hydrogen) atoms. The predicted molar refractivity (Wildman–Crippen MR) is 136 cm³/mol. The molecule has 3 aliphatic rings. The van der Waals surface area contributed by atoms with Crippen LogP contribution in [0.25, 0.3) is 0 Å². The van der Waals surface area contributed by atoms with Crippen LogP contribution in [-0.2, 0) is 19.0 Å². The number of carbonyl (C=O) groups is 1. The third-order valence-electron chi connectivity index (χ3n) is 7.41. The van der Waals surface area contributed by atoms with E-state index in [9.17, 15) is 19.5 Å². The van der Waals surface area contributed by atoms with Crippen molar-refractivity contribution in [2.45, 2.75) is 88.9 Å². The first kappa shape index (κ1) is 26.6. The molecule has 3 N–H and O–H groups in total. The number of nitrogens with zero attached hydrogens (tertiary/aromatic N) is 1. The van der Waals surface area contributed by atoms with Crippen LogP contribution in [-0.4, -0.2) is 69.3 Å². The summed E-state index contributed by atoms with van der Waals surface area (Å²) in [6, 6.07) is 10.3. The molecule has 1 aromatic heterocycles. The van der Waals surface area contributed by atoms with Gasteiger partial charge in [-0.15, -0.1) is 0 Å². The molecule has 2 heterocycles. The van der Waals surface area contributed by atoms with Crippen LogP contribution < -0.4 is 21.3 Å². The van der Waals surface area contributed by atoms with Gasteiger partial charge in [0.1, 0.15) is 35.8 Å². The molecule has 1 aromatic carbocycles. The molecule has 2 aliphatic carbocycles. The monoisotopic (exact) mass is 529 g/mol. The fourth-order valence-corrected chi connectivity index (χ4v) is 5.12. The molecule has 5 rings (SSSR count). The second kappa shape index (κ2) is 9.96. The molecule has 0 radical (unpaired) electrons. The number of H-pyrrole nitrogens is 1. The van der Waals surface area contributed by atoms with E-state index in [0.29, 0.717) is 18.6 Å². The van der Waals surface area contributed by atoms with Gasteiger partial charge in [0.25, 0.3) is 5.56 Å². The van der Waals surface area contributed by atoms with Gasteiger partial charge in [-0.05, 0) is 52.7 Å². The van der Waals surface area contributed by atoms with Crippen molar-refractivity contribution in [1.82, 2.24) is 14.9 Å². The van der Waals surface area contributed by atoms with E-state index in [0.717, 1.165) is 0 Å². The largest absolute Gasteiger partial charge is 0.486 e. The molecular formula is C27H35N3O8. The average molecular weight is 530 g/mol. The van der Waals surface area contributed by atoms with Crippen molar-refractivity contribution in [1.29, 1.82) is 0 Å². The van der Waals surface area contributed by atoms with E-state index < -0.39 is 46.7 Å². The smallest absolute Gasteiger partial charge is 0.330 e. The Morgan fingerprint density at radius 3 is 2.55 bits per heavy atom. The number of aliphatic hydroxyl groups excluding tert-OH is 1. The van der Waals surface area contributed by atoms with E-state index in [1.165, 1.54) is 16.8 Å². The van der Waals surface area contributed by atoms with Gasteiger partial charge in [0.15, 0.2) is 0 Å². The minimum absolute atomic E-state index is 0.0614. The lowest BCUT2D eigenvalue weighted by molar-refractivity contribution is -0.154. The normalized spacial score (nSPS) is 29.4. The van der Waals surface area contributed by atoms with Gasteiger partial charge < -0.3 is 24.1 Å². The fraction of sp³-hybridized carbons (Fsp3) is 0.593. The van der Waals surface area contributed by atoms with Gasteiger partial charge in [-0.25, -0.2) is 4.79 Å². The van der Waals surface area contributed by atoms with Crippen LogP contribution in [0.2, 0.25) is 0 Å². The van der Waals surface area contributed by atoms with Crippen LogP contribution in [0, 0.1) is 5.41 Å². The Balaban J connectivity index is 1.28. The summed E-state index contributed by atoms with van der Waals surface area (Å²) >= 11 is 0. The van der Waals surface area contributed by atoms with E-state index in [1.807, 2.05) is 30.3 Å². The Morgan fingerprint density at radius 1 is 1.21 bits per heavy atom. The van der Waals surface area contributed by atoms with Crippen molar-refractivity contribution in [2.24, 2.45) is 5.41 Å². The number of ether oxygens (including phenoxy) is 4. The molecular weight excluding hydrogens is 494 g/mol. The quantitative estimate of drug-likeness (QED) is 0.386. The molecule has 0 bridgehead atoms. The number of rotatable bonds is 10. The number of aromatic nitrogens is 2. The molecule has 1 aliphatic heterocycles. The summed E-state index contributed by atoms with van der Waals surface area (Å²) in [7, 11) is 0. The maximum Gasteiger partial charge on any atom is 0.330 e. The first-order chi connectivity index (χ1) is 18.0. The Kier molecular flexibility index (Phi) is 6.97. The number of aromatic amines is 1. The van der Waals surface area contributed by atoms with Crippen LogP contribution in [0.1, 0.15) is 46.8 Å². The summed E-state index contributed by atoms with van der Waals surface area (Å²) in [5, 5.41) is 14.4. The van der Waals surface area contributed by atoms with Crippen LogP contribution >= 0.6 is 0 Å². The highest BCUT2D eigenvalue weighted by Gasteiger charge is 2.65. The molecule has 6 atom stereocenters. The van der Waals surface area contributed by atoms with Gasteiger partial charge in [0.2, 0.25) is 0 Å². The number of nitrogens with one attached hydrogen (secondary N) is 2. The second-order valence-corrected chi connectivity index (χ2v) is 11.2. The van der Waals surface area contributed by atoms with Gasteiger partial charge in [0.05, 0.1) is 24.9 Å². The summed E-state index contributed by atoms with van der Waals surface area (Å²) in [6.07, 6.45) is -0.488. The Morgan fingerprint density at radius 2 is 1.92 bits per heavy atom. The number of hydrogen-bond acceptors (Lipinski definition) is 9. The highest BCUT2D eigenvalue weighted by molar-refractivity contribution is 5.80. The van der Waals surface area contributed by atoms with E-state index in [-0.39, 0.29) is 30.8 Å². The van der Waals surface area contributed by atoms with Crippen molar-refractivity contribution < 1.29 is 28.8 Å². The summed E-state index contributed by atoms with van der Waals surface area (Å²) < 4.78 is 25.2. The van der Waals surface area contributed by atoms with Crippen molar-refractivity contribution in [3.63, 3.8) is 0 Å². The molecule has 0 amide bonds. The first-order valence-corrected chi connectivity index (χ1v) is 13.0. The SMILES string of the molecule is CC(C)OC(=O)C(C)(C)NC1C(OC[C@H]2O[C@@H](n3ccc(=O)[nH]c3=O)C3(CC3)[C@@H]2O)C1Oc1ccccc1. The summed E-state index contributed by atoms with van der Waals surface area (Å²) in [6.45, 7) is 7.16. The Hall–Kier alpha value is -2.99. The van der Waals surface area contributed by atoms with Gasteiger partial charge >= 0.3 is 11.7 Å². The van der Waals surface area contributed by atoms with Gasteiger partial charge in [-0.3, -0.25) is 24.5 Å². The van der Waals surface area contributed by atoms with Crippen molar-refractivity contribution in [3.8, 4) is 5.75 Å². The molecule has 11 nitrogen and oxygen atoms in total. The topological polar surface area (TPSA) is 141 Å². The number of carbonyl (C=O) groups excluding carboxylic acids is 1. The zero-order chi connectivity index (χ0) is 27.2. The number of aliphatic hydroxyl groups is 1. The van der Waals surface area contributed by atoms with E-state index in [1.54, 1.807) is 27.7 Å². The van der Waals surface area contributed by atoms with Crippen molar-refractivity contribution in [2.75, 3.05) is 6.61 Å². The van der Waals surface area contributed by atoms with Gasteiger partial charge in [-0.1, -0.05) is 18.2 Å². The standard InChI is InChI=1S/C27H35N3O8/c1-15(2)36-24(33)26(3,4)29-19-20(21(19)37-16-8-6-5-7-9-16)35-14-17-22(32)27(11-12-27)23(38-17)30-13-10-18(31)28-25(30)34/h5-10,13,15,17,19-23,29,32H,11-12,14H2,1-4H3,(H,28,31,34)/t17-,19?,20?,21?,22-,23-/m1/s1. The maximum absolute atomic E-state index is 12.6. The average Bonchev–Trinajstić information content (AvgIpc) is 3.75. The minimum atomic E-state index is -0.983. The molecule has 3 fully saturated rings. The lowest BCUT2D eigenvalue weighted by atomic mass is 9.96. The number of hydrogen-bond donors (Lipinski definition) is 3. The Bertz CT molecular complexity index is 1270. The minimum Gasteiger partial charge on any atom is -0.486 e. The zero-order valence-electron chi connectivity index (χ0n) is 22.0. The van der Waals surface area contributed by atoms with Gasteiger partial charge in [0, 0.05) is 17.7 Å². The molecule has 1 saturated heterocycles. The molecule has 2 aromatic rings. The second-order valence-electron chi connectivity index (χ2n) is 11.2. The summed E-state index contributed by atoms with van der Waals surface area (Å²) in [5.41, 5.74) is -2.66.